The lowest BCUT2D eigenvalue weighted by atomic mass is 10.1. The van der Waals surface area contributed by atoms with E-state index in [1.165, 1.54) is 25.7 Å². The number of rotatable bonds is 7. The molecule has 2 aromatic heterocycles. The molecule has 4 heteroatoms. The van der Waals surface area contributed by atoms with Crippen LogP contribution in [0.25, 0.3) is 0 Å². The van der Waals surface area contributed by atoms with Gasteiger partial charge in [-0.2, -0.15) is 0 Å². The number of aryl methyl sites for hydroxylation is 1. The van der Waals surface area contributed by atoms with Gasteiger partial charge in [-0.25, -0.2) is 4.68 Å². The van der Waals surface area contributed by atoms with Gasteiger partial charge in [-0.3, -0.25) is 4.98 Å². The van der Waals surface area contributed by atoms with Crippen LogP contribution in [0.15, 0.2) is 30.6 Å². The summed E-state index contributed by atoms with van der Waals surface area (Å²) in [7, 11) is 0. The molecular formula is C14H20N4. The lowest BCUT2D eigenvalue weighted by Gasteiger charge is -1.98. The first-order valence-electron chi connectivity index (χ1n) is 6.67. The third-order valence-corrected chi connectivity index (χ3v) is 2.92. The zero-order valence-corrected chi connectivity index (χ0v) is 10.9. The minimum atomic E-state index is 0.697. The highest BCUT2D eigenvalue weighted by atomic mass is 15.4. The van der Waals surface area contributed by atoms with Gasteiger partial charge in [0.05, 0.1) is 17.9 Å². The summed E-state index contributed by atoms with van der Waals surface area (Å²) in [5, 5.41) is 8.33. The number of hydrogen-bond acceptors (Lipinski definition) is 3. The van der Waals surface area contributed by atoms with Crippen LogP contribution in [-0.4, -0.2) is 20.0 Å². The standard InChI is InChI=1S/C14H20N4/c1-2-3-4-5-9-14-12-18(17-16-14)11-13-8-6-7-10-15-13/h6-8,10,12H,2-5,9,11H2,1H3. The molecule has 0 aromatic carbocycles. The molecule has 2 rings (SSSR count). The highest BCUT2D eigenvalue weighted by Crippen LogP contribution is 2.05. The van der Waals surface area contributed by atoms with Gasteiger partial charge in [0, 0.05) is 12.4 Å². The maximum absolute atomic E-state index is 4.28. The van der Waals surface area contributed by atoms with Crippen molar-refractivity contribution in [2.45, 2.75) is 45.6 Å². The van der Waals surface area contributed by atoms with E-state index in [2.05, 4.69) is 22.2 Å². The Morgan fingerprint density at radius 3 is 2.83 bits per heavy atom. The second-order valence-electron chi connectivity index (χ2n) is 4.54. The minimum absolute atomic E-state index is 0.697. The second-order valence-corrected chi connectivity index (χ2v) is 4.54. The van der Waals surface area contributed by atoms with Crippen LogP contribution in [0.1, 0.15) is 44.0 Å². The van der Waals surface area contributed by atoms with E-state index >= 15 is 0 Å². The van der Waals surface area contributed by atoms with Crippen LogP contribution in [0, 0.1) is 0 Å². The van der Waals surface area contributed by atoms with Crippen LogP contribution in [-0.2, 0) is 13.0 Å². The van der Waals surface area contributed by atoms with E-state index in [4.69, 9.17) is 0 Å². The molecule has 0 fully saturated rings. The molecule has 0 aliphatic carbocycles. The average Bonchev–Trinajstić information content (AvgIpc) is 2.84. The van der Waals surface area contributed by atoms with Crippen molar-refractivity contribution in [1.29, 1.82) is 0 Å². The summed E-state index contributed by atoms with van der Waals surface area (Å²) in [6.45, 7) is 2.92. The smallest absolute Gasteiger partial charge is 0.0849 e. The number of aromatic nitrogens is 4. The molecule has 0 N–H and O–H groups in total. The predicted molar refractivity (Wildman–Crippen MR) is 71.2 cm³/mol. The highest BCUT2D eigenvalue weighted by Gasteiger charge is 2.01. The predicted octanol–water partition coefficient (Wildman–Crippen LogP) is 2.84. The zero-order valence-electron chi connectivity index (χ0n) is 10.9. The van der Waals surface area contributed by atoms with E-state index in [9.17, 15) is 0 Å². The molecule has 0 atom stereocenters. The summed E-state index contributed by atoms with van der Waals surface area (Å²) in [6, 6.07) is 5.91. The van der Waals surface area contributed by atoms with E-state index in [1.54, 1.807) is 6.20 Å². The van der Waals surface area contributed by atoms with Gasteiger partial charge in [0.25, 0.3) is 0 Å². The fraction of sp³-hybridized carbons (Fsp3) is 0.500. The van der Waals surface area contributed by atoms with Crippen molar-refractivity contribution in [2.24, 2.45) is 0 Å². The van der Waals surface area contributed by atoms with E-state index in [0.717, 1.165) is 17.8 Å². The average molecular weight is 244 g/mol. The molecule has 0 bridgehead atoms. The molecule has 2 aromatic rings. The number of hydrogen-bond donors (Lipinski definition) is 0. The van der Waals surface area contributed by atoms with Crippen molar-refractivity contribution >= 4 is 0 Å². The Labute approximate surface area is 108 Å². The normalized spacial score (nSPS) is 10.7. The van der Waals surface area contributed by atoms with Crippen molar-refractivity contribution in [3.63, 3.8) is 0 Å². The van der Waals surface area contributed by atoms with E-state index < -0.39 is 0 Å². The molecular weight excluding hydrogens is 224 g/mol. The molecule has 0 aliphatic rings. The molecule has 0 radical (unpaired) electrons. The molecule has 96 valence electrons. The summed E-state index contributed by atoms with van der Waals surface area (Å²) in [4.78, 5) is 4.28. The third-order valence-electron chi connectivity index (χ3n) is 2.92. The third kappa shape index (κ3) is 3.95. The van der Waals surface area contributed by atoms with Gasteiger partial charge in [0.2, 0.25) is 0 Å². The minimum Gasteiger partial charge on any atom is -0.259 e. The lowest BCUT2D eigenvalue weighted by Crippen LogP contribution is -2.01. The Hall–Kier alpha value is -1.71. The molecule has 0 amide bonds. The summed E-state index contributed by atoms with van der Waals surface area (Å²) in [6.07, 6.45) is 9.93. The summed E-state index contributed by atoms with van der Waals surface area (Å²) in [5.41, 5.74) is 2.10. The summed E-state index contributed by atoms with van der Waals surface area (Å²) in [5.74, 6) is 0. The zero-order chi connectivity index (χ0) is 12.6. The number of pyridine rings is 1. The summed E-state index contributed by atoms with van der Waals surface area (Å²) < 4.78 is 1.86. The number of nitrogens with zero attached hydrogens (tertiary/aromatic N) is 4. The second kappa shape index (κ2) is 6.89. The highest BCUT2D eigenvalue weighted by molar-refractivity contribution is 5.04. The van der Waals surface area contributed by atoms with Gasteiger partial charge in [0.15, 0.2) is 0 Å². The Balaban J connectivity index is 1.83. The maximum Gasteiger partial charge on any atom is 0.0849 e. The Morgan fingerprint density at radius 2 is 2.06 bits per heavy atom. The van der Waals surface area contributed by atoms with Crippen LogP contribution in [0.3, 0.4) is 0 Å². The molecule has 0 saturated heterocycles. The van der Waals surface area contributed by atoms with Gasteiger partial charge >= 0.3 is 0 Å². The Kier molecular flexibility index (Phi) is 4.88. The van der Waals surface area contributed by atoms with E-state index in [-0.39, 0.29) is 0 Å². The van der Waals surface area contributed by atoms with E-state index in [1.807, 2.05) is 29.1 Å². The van der Waals surface area contributed by atoms with Crippen LogP contribution in [0.2, 0.25) is 0 Å². The monoisotopic (exact) mass is 244 g/mol. The van der Waals surface area contributed by atoms with Crippen molar-refractivity contribution in [3.8, 4) is 0 Å². The van der Waals surface area contributed by atoms with Gasteiger partial charge < -0.3 is 0 Å². The molecule has 18 heavy (non-hydrogen) atoms. The Bertz CT molecular complexity index is 450. The van der Waals surface area contributed by atoms with Gasteiger partial charge in [-0.05, 0) is 25.0 Å². The maximum atomic E-state index is 4.28. The molecule has 4 nitrogen and oxygen atoms in total. The van der Waals surface area contributed by atoms with Crippen LogP contribution >= 0.6 is 0 Å². The van der Waals surface area contributed by atoms with Crippen molar-refractivity contribution in [1.82, 2.24) is 20.0 Å². The molecule has 0 saturated carbocycles. The number of unbranched alkanes of at least 4 members (excludes halogenated alkanes) is 3. The Morgan fingerprint density at radius 1 is 1.11 bits per heavy atom. The molecule has 0 spiro atoms. The van der Waals surface area contributed by atoms with Gasteiger partial charge in [0.1, 0.15) is 0 Å². The van der Waals surface area contributed by atoms with Gasteiger partial charge in [-0.1, -0.05) is 37.5 Å². The summed E-state index contributed by atoms with van der Waals surface area (Å²) >= 11 is 0. The molecule has 2 heterocycles. The quantitative estimate of drug-likeness (QED) is 0.703. The lowest BCUT2D eigenvalue weighted by molar-refractivity contribution is 0.637. The van der Waals surface area contributed by atoms with Gasteiger partial charge in [-0.15, -0.1) is 5.10 Å². The first-order chi connectivity index (χ1) is 8.88. The fourth-order valence-electron chi connectivity index (χ4n) is 1.92. The SMILES string of the molecule is CCCCCCc1cn(Cc2ccccn2)nn1. The first-order valence-corrected chi connectivity index (χ1v) is 6.67. The van der Waals surface area contributed by atoms with E-state index in [0.29, 0.717) is 6.54 Å². The van der Waals surface area contributed by atoms with Crippen molar-refractivity contribution in [2.75, 3.05) is 0 Å². The first kappa shape index (κ1) is 12.7. The van der Waals surface area contributed by atoms with Crippen molar-refractivity contribution in [3.05, 3.63) is 42.0 Å². The van der Waals surface area contributed by atoms with Crippen molar-refractivity contribution < 1.29 is 0 Å². The van der Waals surface area contributed by atoms with Crippen LogP contribution in [0.5, 0.6) is 0 Å². The molecule has 0 aliphatic heterocycles. The fourth-order valence-corrected chi connectivity index (χ4v) is 1.92. The largest absolute Gasteiger partial charge is 0.259 e. The van der Waals surface area contributed by atoms with Crippen LogP contribution < -0.4 is 0 Å². The van der Waals surface area contributed by atoms with Crippen LogP contribution in [0.4, 0.5) is 0 Å². The topological polar surface area (TPSA) is 43.6 Å². The molecule has 0 unspecified atom stereocenters.